The van der Waals surface area contributed by atoms with E-state index in [1.807, 2.05) is 17.5 Å². The zero-order valence-electron chi connectivity index (χ0n) is 14.5. The number of carbonyl (C=O) groups is 1. The minimum Gasteiger partial charge on any atom is -0.461 e. The minimum atomic E-state index is -0.396. The van der Waals surface area contributed by atoms with Crippen LogP contribution in [0.4, 0.5) is 4.39 Å². The Morgan fingerprint density at radius 2 is 2.00 bits per heavy atom. The van der Waals surface area contributed by atoms with Crippen molar-refractivity contribution in [1.82, 2.24) is 4.57 Å². The number of thiazole rings is 1. The van der Waals surface area contributed by atoms with E-state index < -0.39 is 5.82 Å². The third-order valence-corrected chi connectivity index (χ3v) is 5.94. The van der Waals surface area contributed by atoms with Crippen molar-refractivity contribution in [2.24, 2.45) is 0 Å². The summed E-state index contributed by atoms with van der Waals surface area (Å²) in [7, 11) is 0. The van der Waals surface area contributed by atoms with Gasteiger partial charge in [0.1, 0.15) is 10.5 Å². The fourth-order valence-electron chi connectivity index (χ4n) is 2.69. The number of hydrogen-bond acceptors (Lipinski definition) is 5. The van der Waals surface area contributed by atoms with Gasteiger partial charge in [0.15, 0.2) is 5.76 Å². The zero-order valence-corrected chi connectivity index (χ0v) is 16.1. The fourth-order valence-corrected chi connectivity index (χ4v) is 4.46. The third kappa shape index (κ3) is 3.81. The highest BCUT2D eigenvalue weighted by Gasteiger charge is 2.11. The minimum absolute atomic E-state index is 0.0392. The molecule has 0 fully saturated rings. The summed E-state index contributed by atoms with van der Waals surface area (Å²) in [4.78, 5) is 26.3. The second-order valence-electron chi connectivity index (χ2n) is 5.93. The standard InChI is InChI=1S/C21H14FNO3S2/c22-16-7-2-1-5-14(16)13-23-20(12-17(24)18-8-3-9-26-18)28-19(21(23)25)11-15-6-4-10-27-15/h1-12H,13H2/b19-11+,20-12-. The Hall–Kier alpha value is -3.03. The number of aromatic nitrogens is 1. The molecule has 3 aromatic heterocycles. The SMILES string of the molecule is O=C(/C=c1\s/c(=C/c2cccs2)c(=O)n1Cc1ccccc1F)c1ccco1. The molecule has 4 nitrogen and oxygen atoms in total. The van der Waals surface area contributed by atoms with Crippen molar-refractivity contribution in [2.45, 2.75) is 6.54 Å². The molecule has 0 N–H and O–H groups in total. The predicted molar refractivity (Wildman–Crippen MR) is 109 cm³/mol. The Balaban J connectivity index is 1.87. The lowest BCUT2D eigenvalue weighted by Gasteiger charge is -2.04. The highest BCUT2D eigenvalue weighted by Crippen LogP contribution is 2.09. The van der Waals surface area contributed by atoms with Gasteiger partial charge in [0, 0.05) is 16.5 Å². The molecule has 0 spiro atoms. The summed E-state index contributed by atoms with van der Waals surface area (Å²) in [6, 6.07) is 13.3. The van der Waals surface area contributed by atoms with Crippen LogP contribution in [0.5, 0.6) is 0 Å². The number of Topliss-reactive ketones (excluding diaryl/α,β-unsaturated/α-hetero) is 1. The molecule has 0 aliphatic heterocycles. The molecule has 1 aromatic carbocycles. The lowest BCUT2D eigenvalue weighted by atomic mass is 10.2. The van der Waals surface area contributed by atoms with E-state index in [1.165, 1.54) is 45.6 Å². The first kappa shape index (κ1) is 18.3. The van der Waals surface area contributed by atoms with E-state index in [2.05, 4.69) is 0 Å². The molecular weight excluding hydrogens is 397 g/mol. The second-order valence-corrected chi connectivity index (χ2v) is 7.97. The van der Waals surface area contributed by atoms with Crippen molar-refractivity contribution in [2.75, 3.05) is 0 Å². The normalized spacial score (nSPS) is 12.6. The maximum absolute atomic E-state index is 14.1. The van der Waals surface area contributed by atoms with Crippen LogP contribution in [0.1, 0.15) is 21.0 Å². The van der Waals surface area contributed by atoms with Gasteiger partial charge in [0.05, 0.1) is 17.3 Å². The molecule has 0 bridgehead atoms. The molecule has 28 heavy (non-hydrogen) atoms. The zero-order chi connectivity index (χ0) is 19.5. The van der Waals surface area contributed by atoms with Gasteiger partial charge in [0.2, 0.25) is 5.78 Å². The number of hydrogen-bond donors (Lipinski definition) is 0. The van der Waals surface area contributed by atoms with E-state index in [9.17, 15) is 14.0 Å². The van der Waals surface area contributed by atoms with Gasteiger partial charge in [0.25, 0.3) is 5.56 Å². The number of thiophene rings is 1. The van der Waals surface area contributed by atoms with Crippen LogP contribution < -0.4 is 14.8 Å². The summed E-state index contributed by atoms with van der Waals surface area (Å²) in [6.07, 6.45) is 4.56. The van der Waals surface area contributed by atoms with Gasteiger partial charge >= 0.3 is 0 Å². The first-order chi connectivity index (χ1) is 13.6. The molecule has 0 amide bonds. The van der Waals surface area contributed by atoms with Crippen LogP contribution in [-0.2, 0) is 6.54 Å². The van der Waals surface area contributed by atoms with Crippen LogP contribution in [0, 0.1) is 5.82 Å². The lowest BCUT2D eigenvalue weighted by Crippen LogP contribution is -2.32. The van der Waals surface area contributed by atoms with E-state index in [0.717, 1.165) is 4.88 Å². The van der Waals surface area contributed by atoms with Gasteiger partial charge in [-0.3, -0.25) is 14.2 Å². The molecule has 0 saturated heterocycles. The fraction of sp³-hybridized carbons (Fsp3) is 0.0476. The molecule has 0 aliphatic carbocycles. The van der Waals surface area contributed by atoms with Gasteiger partial charge in [-0.25, -0.2) is 4.39 Å². The highest BCUT2D eigenvalue weighted by atomic mass is 32.1. The lowest BCUT2D eigenvalue weighted by molar-refractivity contribution is 0.103. The summed E-state index contributed by atoms with van der Waals surface area (Å²) in [5.41, 5.74) is 0.116. The number of furan rings is 1. The van der Waals surface area contributed by atoms with Crippen LogP contribution in [0.25, 0.3) is 12.2 Å². The van der Waals surface area contributed by atoms with Gasteiger partial charge in [-0.1, -0.05) is 24.3 Å². The Morgan fingerprint density at radius 3 is 2.71 bits per heavy atom. The van der Waals surface area contributed by atoms with Gasteiger partial charge < -0.3 is 4.42 Å². The average molecular weight is 411 g/mol. The maximum atomic E-state index is 14.1. The van der Waals surface area contributed by atoms with Crippen LogP contribution >= 0.6 is 22.7 Å². The van der Waals surface area contributed by atoms with E-state index in [-0.39, 0.29) is 23.6 Å². The Kier molecular flexibility index (Phi) is 5.18. The molecule has 4 aromatic rings. The molecule has 0 radical (unpaired) electrons. The van der Waals surface area contributed by atoms with E-state index in [4.69, 9.17) is 4.42 Å². The summed E-state index contributed by atoms with van der Waals surface area (Å²) < 4.78 is 21.6. The first-order valence-electron chi connectivity index (χ1n) is 8.39. The van der Waals surface area contributed by atoms with Gasteiger partial charge in [-0.2, -0.15) is 0 Å². The topological polar surface area (TPSA) is 52.2 Å². The van der Waals surface area contributed by atoms with Crippen LogP contribution in [0.2, 0.25) is 0 Å². The quantitative estimate of drug-likeness (QED) is 0.474. The van der Waals surface area contributed by atoms with Crippen molar-refractivity contribution in [3.63, 3.8) is 0 Å². The maximum Gasteiger partial charge on any atom is 0.269 e. The number of benzene rings is 1. The van der Waals surface area contributed by atoms with E-state index in [0.29, 0.717) is 14.8 Å². The van der Waals surface area contributed by atoms with Crippen molar-refractivity contribution >= 4 is 40.6 Å². The largest absolute Gasteiger partial charge is 0.461 e. The summed E-state index contributed by atoms with van der Waals surface area (Å²) in [5.74, 6) is -0.564. The predicted octanol–water partition coefficient (Wildman–Crippen LogP) is 3.24. The second kappa shape index (κ2) is 7.92. The van der Waals surface area contributed by atoms with Crippen LogP contribution in [0.3, 0.4) is 0 Å². The van der Waals surface area contributed by atoms with Crippen LogP contribution in [-0.4, -0.2) is 10.4 Å². The molecule has 4 rings (SSSR count). The highest BCUT2D eigenvalue weighted by molar-refractivity contribution is 7.11. The Morgan fingerprint density at radius 1 is 1.14 bits per heavy atom. The molecule has 0 atom stereocenters. The first-order valence-corrected chi connectivity index (χ1v) is 10.1. The molecule has 0 saturated carbocycles. The molecule has 7 heteroatoms. The Labute approximate surface area is 167 Å². The number of rotatable bonds is 5. The molecule has 0 unspecified atom stereocenters. The third-order valence-electron chi connectivity index (χ3n) is 4.06. The van der Waals surface area contributed by atoms with E-state index in [1.54, 1.807) is 36.4 Å². The van der Waals surface area contributed by atoms with E-state index >= 15 is 0 Å². The Bertz CT molecular complexity index is 1280. The summed E-state index contributed by atoms with van der Waals surface area (Å²) in [6.45, 7) is 0.0392. The van der Waals surface area contributed by atoms with Crippen molar-refractivity contribution in [1.29, 1.82) is 0 Å². The van der Waals surface area contributed by atoms with Crippen LogP contribution in [0.15, 0.2) is 69.4 Å². The summed E-state index contributed by atoms with van der Waals surface area (Å²) in [5, 5.41) is 1.92. The van der Waals surface area contributed by atoms with Crippen molar-refractivity contribution < 1.29 is 13.6 Å². The number of carbonyl (C=O) groups excluding carboxylic acids is 1. The van der Waals surface area contributed by atoms with Crippen molar-refractivity contribution in [3.05, 3.63) is 102 Å². The smallest absolute Gasteiger partial charge is 0.269 e. The average Bonchev–Trinajstić information content (AvgIpc) is 3.43. The monoisotopic (exact) mass is 411 g/mol. The molecule has 3 heterocycles. The van der Waals surface area contributed by atoms with Crippen molar-refractivity contribution in [3.8, 4) is 0 Å². The molecular formula is C21H14FNO3S2. The summed E-state index contributed by atoms with van der Waals surface area (Å²) >= 11 is 2.71. The molecule has 0 aliphatic rings. The number of nitrogens with zero attached hydrogens (tertiary/aromatic N) is 1. The van der Waals surface area contributed by atoms with Gasteiger partial charge in [-0.15, -0.1) is 22.7 Å². The number of ketones is 1. The molecule has 140 valence electrons. The van der Waals surface area contributed by atoms with Gasteiger partial charge in [-0.05, 0) is 35.7 Å². The number of halogens is 1.